The Morgan fingerprint density at radius 3 is 1.88 bits per heavy atom. The second-order valence-electron chi connectivity index (χ2n) is 6.61. The maximum atomic E-state index is 14.0. The molecule has 184 valence electrons. The maximum absolute atomic E-state index is 14.0. The van der Waals surface area contributed by atoms with Crippen molar-refractivity contribution in [2.75, 3.05) is 5.32 Å². The van der Waals surface area contributed by atoms with Gasteiger partial charge >= 0.3 is 18.3 Å². The second kappa shape index (κ2) is 7.76. The number of hydrogen-bond donors (Lipinski definition) is 1. The Morgan fingerprint density at radius 2 is 1.41 bits per heavy atom. The minimum Gasteiger partial charge on any atom is -0.315 e. The molecule has 0 atom stereocenters. The number of nitrogens with zero attached hydrogens (tertiary/aromatic N) is 3. The molecule has 17 heteroatoms. The number of aromatic nitrogens is 3. The van der Waals surface area contributed by atoms with Crippen LogP contribution < -0.4 is 5.32 Å². The molecule has 3 rings (SSSR count). The standard InChI is InChI=1S/C17H6F12N4O/c1-4-2-6(15(22,23)17(27,28)29)33-7(30-4)3-5(32-33)14(34)31-13-11(20)9(18)8(16(24,25)26)10(19)12(13)21/h2-3H,1H3,(H,31,34). The molecule has 3 aromatic rings. The molecule has 0 aliphatic carbocycles. The number of aryl methyl sites for hydroxylation is 1. The Morgan fingerprint density at radius 1 is 0.882 bits per heavy atom. The highest BCUT2D eigenvalue weighted by molar-refractivity contribution is 6.03. The van der Waals surface area contributed by atoms with Crippen LogP contribution in [-0.2, 0) is 12.1 Å². The summed E-state index contributed by atoms with van der Waals surface area (Å²) >= 11 is 0. The minimum atomic E-state index is -6.11. The van der Waals surface area contributed by atoms with Gasteiger partial charge < -0.3 is 5.32 Å². The molecule has 0 fully saturated rings. The van der Waals surface area contributed by atoms with Crippen LogP contribution in [0.5, 0.6) is 0 Å². The first-order chi connectivity index (χ1) is 15.4. The third-order valence-electron chi connectivity index (χ3n) is 4.25. The molecule has 0 unspecified atom stereocenters. The molecule has 1 aromatic carbocycles. The van der Waals surface area contributed by atoms with Gasteiger partial charge in [0.2, 0.25) is 0 Å². The zero-order valence-corrected chi connectivity index (χ0v) is 15.9. The highest BCUT2D eigenvalue weighted by atomic mass is 19.4. The fraction of sp³-hybridized carbons (Fsp3) is 0.235. The minimum absolute atomic E-state index is 0.115. The van der Waals surface area contributed by atoms with Crippen LogP contribution in [0.25, 0.3) is 5.65 Å². The van der Waals surface area contributed by atoms with Gasteiger partial charge in [0.15, 0.2) is 34.6 Å². The van der Waals surface area contributed by atoms with E-state index in [1.165, 1.54) is 5.32 Å². The Hall–Kier alpha value is -3.53. The van der Waals surface area contributed by atoms with Gasteiger partial charge in [-0.3, -0.25) is 4.79 Å². The van der Waals surface area contributed by atoms with E-state index in [0.717, 1.165) is 6.92 Å². The lowest BCUT2D eigenvalue weighted by molar-refractivity contribution is -0.291. The molecule has 34 heavy (non-hydrogen) atoms. The number of anilines is 1. The van der Waals surface area contributed by atoms with E-state index in [1.54, 1.807) is 0 Å². The van der Waals surface area contributed by atoms with E-state index in [0.29, 0.717) is 6.07 Å². The number of rotatable bonds is 3. The van der Waals surface area contributed by atoms with Gasteiger partial charge in [0.05, 0.1) is 0 Å². The predicted molar refractivity (Wildman–Crippen MR) is 86.9 cm³/mol. The Kier molecular flexibility index (Phi) is 5.73. The summed E-state index contributed by atoms with van der Waals surface area (Å²) in [6.07, 6.45) is -12.0. The van der Waals surface area contributed by atoms with Crippen molar-refractivity contribution in [2.45, 2.75) is 25.2 Å². The number of amides is 1. The molecule has 2 aromatic heterocycles. The van der Waals surface area contributed by atoms with E-state index < -0.39 is 75.7 Å². The molecule has 0 aliphatic heterocycles. The third kappa shape index (κ3) is 3.98. The summed E-state index contributed by atoms with van der Waals surface area (Å²) in [5.41, 5.74) is -9.04. The first-order valence-corrected chi connectivity index (χ1v) is 8.44. The average Bonchev–Trinajstić information content (AvgIpc) is 3.11. The van der Waals surface area contributed by atoms with Gasteiger partial charge in [-0.1, -0.05) is 0 Å². The number of alkyl halides is 8. The molecule has 0 aliphatic rings. The smallest absolute Gasteiger partial charge is 0.315 e. The number of nitrogens with one attached hydrogen (secondary N) is 1. The van der Waals surface area contributed by atoms with Crippen molar-refractivity contribution >= 4 is 17.2 Å². The van der Waals surface area contributed by atoms with Crippen LogP contribution in [0.1, 0.15) is 27.4 Å². The molecule has 0 saturated carbocycles. The lowest BCUT2D eigenvalue weighted by atomic mass is 10.1. The summed E-state index contributed by atoms with van der Waals surface area (Å²) in [5, 5.41) is 4.31. The van der Waals surface area contributed by atoms with Gasteiger partial charge in [-0.25, -0.2) is 27.1 Å². The molecular weight excluding hydrogens is 504 g/mol. The van der Waals surface area contributed by atoms with Crippen molar-refractivity contribution in [1.29, 1.82) is 0 Å². The van der Waals surface area contributed by atoms with E-state index in [9.17, 15) is 57.5 Å². The maximum Gasteiger partial charge on any atom is 0.459 e. The summed E-state index contributed by atoms with van der Waals surface area (Å²) in [7, 11) is 0. The SMILES string of the molecule is Cc1cc(C(F)(F)C(F)(F)F)n2nc(C(=O)Nc3c(F)c(F)c(C(F)(F)F)c(F)c3F)cc2n1. The summed E-state index contributed by atoms with van der Waals surface area (Å²) in [6.45, 7) is 1.02. The van der Waals surface area contributed by atoms with Gasteiger partial charge in [-0.15, -0.1) is 0 Å². The van der Waals surface area contributed by atoms with E-state index in [-0.39, 0.29) is 16.3 Å². The van der Waals surface area contributed by atoms with Crippen LogP contribution in [0, 0.1) is 30.2 Å². The highest BCUT2D eigenvalue weighted by Gasteiger charge is 2.60. The molecule has 2 heterocycles. The fourth-order valence-corrected chi connectivity index (χ4v) is 2.75. The molecule has 0 saturated heterocycles. The molecule has 0 bridgehead atoms. The zero-order chi connectivity index (χ0) is 26.0. The second-order valence-corrected chi connectivity index (χ2v) is 6.61. The number of halogens is 12. The van der Waals surface area contributed by atoms with Crippen molar-refractivity contribution in [1.82, 2.24) is 14.6 Å². The van der Waals surface area contributed by atoms with Crippen LogP contribution in [0.4, 0.5) is 58.4 Å². The summed E-state index contributed by atoms with van der Waals surface area (Å²) in [6, 6.07) is 0.764. The largest absolute Gasteiger partial charge is 0.459 e. The molecule has 0 spiro atoms. The Labute approximate surface area is 179 Å². The van der Waals surface area contributed by atoms with Gasteiger partial charge in [0.1, 0.15) is 16.9 Å². The van der Waals surface area contributed by atoms with Crippen molar-refractivity contribution < 1.29 is 57.5 Å². The van der Waals surface area contributed by atoms with Gasteiger partial charge in [0, 0.05) is 11.8 Å². The molecule has 1 N–H and O–H groups in total. The van der Waals surface area contributed by atoms with Gasteiger partial charge in [0.25, 0.3) is 5.91 Å². The zero-order valence-electron chi connectivity index (χ0n) is 15.9. The average molecular weight is 510 g/mol. The summed E-state index contributed by atoms with van der Waals surface area (Å²) in [5.74, 6) is -18.5. The van der Waals surface area contributed by atoms with Crippen molar-refractivity contribution in [2.24, 2.45) is 0 Å². The van der Waals surface area contributed by atoms with Crippen LogP contribution in [0.15, 0.2) is 12.1 Å². The van der Waals surface area contributed by atoms with E-state index in [1.807, 2.05) is 0 Å². The molecule has 0 radical (unpaired) electrons. The number of carbonyl (C=O) groups excluding carboxylic acids is 1. The van der Waals surface area contributed by atoms with Crippen LogP contribution >= 0.6 is 0 Å². The number of hydrogen-bond acceptors (Lipinski definition) is 3. The summed E-state index contributed by atoms with van der Waals surface area (Å²) < 4.78 is 159. The molecular formula is C17H6F12N4O. The fourth-order valence-electron chi connectivity index (χ4n) is 2.75. The predicted octanol–water partition coefficient (Wildman–Crippen LogP) is 5.52. The molecule has 1 amide bonds. The monoisotopic (exact) mass is 510 g/mol. The quantitative estimate of drug-likeness (QED) is 0.373. The Balaban J connectivity index is 2.11. The number of fused-ring (bicyclic) bond motifs is 1. The van der Waals surface area contributed by atoms with E-state index >= 15 is 0 Å². The van der Waals surface area contributed by atoms with E-state index in [4.69, 9.17) is 0 Å². The van der Waals surface area contributed by atoms with Crippen LogP contribution in [-0.4, -0.2) is 26.7 Å². The van der Waals surface area contributed by atoms with Crippen LogP contribution in [0.2, 0.25) is 0 Å². The lowest BCUT2D eigenvalue weighted by Crippen LogP contribution is -2.36. The first kappa shape index (κ1) is 25.1. The number of benzene rings is 1. The third-order valence-corrected chi connectivity index (χ3v) is 4.25. The Bertz CT molecular complexity index is 1280. The summed E-state index contributed by atoms with van der Waals surface area (Å²) in [4.78, 5) is 15.8. The number of carbonyl (C=O) groups is 1. The highest BCUT2D eigenvalue weighted by Crippen LogP contribution is 2.44. The molecule has 5 nitrogen and oxygen atoms in total. The van der Waals surface area contributed by atoms with Crippen molar-refractivity contribution in [3.8, 4) is 0 Å². The van der Waals surface area contributed by atoms with Gasteiger partial charge in [-0.05, 0) is 13.0 Å². The van der Waals surface area contributed by atoms with Crippen LogP contribution in [0.3, 0.4) is 0 Å². The first-order valence-electron chi connectivity index (χ1n) is 8.44. The normalized spacial score (nSPS) is 13.0. The van der Waals surface area contributed by atoms with Crippen molar-refractivity contribution in [3.05, 3.63) is 58.0 Å². The van der Waals surface area contributed by atoms with E-state index in [2.05, 4.69) is 10.1 Å². The van der Waals surface area contributed by atoms with Gasteiger partial charge in [-0.2, -0.15) is 40.2 Å². The topological polar surface area (TPSA) is 59.3 Å². The lowest BCUT2D eigenvalue weighted by Gasteiger charge is -2.20. The van der Waals surface area contributed by atoms with Crippen molar-refractivity contribution in [3.63, 3.8) is 0 Å².